The minimum absolute atomic E-state index is 0.0418. The molecular formula is C14H17BrFN. The maximum Gasteiger partial charge on any atom is 0.142 e. The van der Waals surface area contributed by atoms with Crippen LogP contribution in [0, 0.1) is 17.7 Å². The molecule has 0 aliphatic rings. The number of nitrogens with one attached hydrogen (secondary N) is 1. The largest absolute Gasteiger partial charge is 0.309 e. The van der Waals surface area contributed by atoms with Gasteiger partial charge in [0, 0.05) is 18.0 Å². The van der Waals surface area contributed by atoms with Crippen molar-refractivity contribution in [3.8, 4) is 11.8 Å². The predicted octanol–water partition coefficient (Wildman–Crippen LogP) is 4.04. The molecule has 0 fully saturated rings. The van der Waals surface area contributed by atoms with E-state index in [4.69, 9.17) is 0 Å². The maximum atomic E-state index is 14.0. The van der Waals surface area contributed by atoms with Gasteiger partial charge in [0.05, 0.1) is 4.47 Å². The molecule has 1 nitrogen and oxygen atoms in total. The Morgan fingerprint density at radius 1 is 1.47 bits per heavy atom. The van der Waals surface area contributed by atoms with Crippen LogP contribution in [0.4, 0.5) is 4.39 Å². The number of benzene rings is 1. The van der Waals surface area contributed by atoms with Gasteiger partial charge in [0.15, 0.2) is 0 Å². The van der Waals surface area contributed by atoms with E-state index < -0.39 is 0 Å². The van der Waals surface area contributed by atoms with Crippen molar-refractivity contribution in [1.29, 1.82) is 0 Å². The topological polar surface area (TPSA) is 12.0 Å². The molecule has 1 N–H and O–H groups in total. The van der Waals surface area contributed by atoms with E-state index in [9.17, 15) is 4.39 Å². The average molecular weight is 298 g/mol. The minimum Gasteiger partial charge on any atom is -0.309 e. The summed E-state index contributed by atoms with van der Waals surface area (Å²) in [7, 11) is 0. The fourth-order valence-corrected chi connectivity index (χ4v) is 1.99. The lowest BCUT2D eigenvalue weighted by Crippen LogP contribution is -2.22. The zero-order valence-electron chi connectivity index (χ0n) is 10.2. The van der Waals surface area contributed by atoms with Crippen LogP contribution in [0.2, 0.25) is 0 Å². The lowest BCUT2D eigenvalue weighted by Gasteiger charge is -2.17. The molecule has 92 valence electrons. The Labute approximate surface area is 111 Å². The third-order valence-electron chi connectivity index (χ3n) is 2.48. The number of rotatable bonds is 5. The van der Waals surface area contributed by atoms with Crippen LogP contribution in [0.25, 0.3) is 0 Å². The Morgan fingerprint density at radius 3 is 2.88 bits per heavy atom. The van der Waals surface area contributed by atoms with Crippen LogP contribution in [0.3, 0.4) is 0 Å². The molecule has 0 aromatic heterocycles. The van der Waals surface area contributed by atoms with E-state index in [-0.39, 0.29) is 11.9 Å². The zero-order valence-corrected chi connectivity index (χ0v) is 11.8. The van der Waals surface area contributed by atoms with Crippen LogP contribution in [0.5, 0.6) is 0 Å². The Bertz CT molecular complexity index is 420. The molecule has 1 atom stereocenters. The van der Waals surface area contributed by atoms with E-state index in [1.165, 1.54) is 0 Å². The summed E-state index contributed by atoms with van der Waals surface area (Å²) in [5, 5.41) is 3.33. The summed E-state index contributed by atoms with van der Waals surface area (Å²) < 4.78 is 14.5. The van der Waals surface area contributed by atoms with Gasteiger partial charge in [0.1, 0.15) is 5.82 Å². The molecule has 3 heteroatoms. The predicted molar refractivity (Wildman–Crippen MR) is 73.2 cm³/mol. The number of halogens is 2. The second-order valence-corrected chi connectivity index (χ2v) is 4.63. The van der Waals surface area contributed by atoms with Crippen LogP contribution in [0.15, 0.2) is 22.7 Å². The molecule has 0 radical (unpaired) electrons. The molecule has 0 heterocycles. The third kappa shape index (κ3) is 4.14. The first-order valence-electron chi connectivity index (χ1n) is 5.77. The second-order valence-electron chi connectivity index (χ2n) is 3.78. The molecule has 1 unspecified atom stereocenters. The van der Waals surface area contributed by atoms with E-state index in [1.54, 1.807) is 13.0 Å². The summed E-state index contributed by atoms with van der Waals surface area (Å²) in [6.07, 6.45) is 1.65. The molecule has 0 saturated carbocycles. The molecule has 1 rings (SSSR count). The molecule has 17 heavy (non-hydrogen) atoms. The third-order valence-corrected chi connectivity index (χ3v) is 3.09. The van der Waals surface area contributed by atoms with Gasteiger partial charge in [-0.05, 0) is 41.9 Å². The quantitative estimate of drug-likeness (QED) is 0.809. The number of hydrogen-bond acceptors (Lipinski definition) is 1. The Balaban J connectivity index is 2.93. The standard InChI is InChI=1S/C14H17BrFN/c1-3-5-9-13(17-10-4-2)11-7-6-8-12(15)14(11)16/h6-8,13,17H,4,9-10H2,1-2H3. The van der Waals surface area contributed by atoms with Crippen LogP contribution < -0.4 is 5.32 Å². The van der Waals surface area contributed by atoms with E-state index in [2.05, 4.69) is 40.0 Å². The molecule has 0 bridgehead atoms. The Hall–Kier alpha value is -0.850. The van der Waals surface area contributed by atoms with E-state index in [0.717, 1.165) is 13.0 Å². The van der Waals surface area contributed by atoms with Gasteiger partial charge in [-0.15, -0.1) is 11.8 Å². The van der Waals surface area contributed by atoms with Gasteiger partial charge >= 0.3 is 0 Å². The summed E-state index contributed by atoms with van der Waals surface area (Å²) in [6.45, 7) is 4.75. The monoisotopic (exact) mass is 297 g/mol. The van der Waals surface area contributed by atoms with Crippen molar-refractivity contribution >= 4 is 15.9 Å². The highest BCUT2D eigenvalue weighted by molar-refractivity contribution is 9.10. The highest BCUT2D eigenvalue weighted by Crippen LogP contribution is 2.25. The van der Waals surface area contributed by atoms with Crippen molar-refractivity contribution in [2.45, 2.75) is 32.7 Å². The van der Waals surface area contributed by atoms with Gasteiger partial charge in [0.25, 0.3) is 0 Å². The van der Waals surface area contributed by atoms with Gasteiger partial charge in [0.2, 0.25) is 0 Å². The van der Waals surface area contributed by atoms with Crippen molar-refractivity contribution in [1.82, 2.24) is 5.32 Å². The fraction of sp³-hybridized carbons (Fsp3) is 0.429. The Morgan fingerprint density at radius 2 is 2.24 bits per heavy atom. The zero-order chi connectivity index (χ0) is 12.7. The second kappa shape index (κ2) is 7.47. The first-order valence-corrected chi connectivity index (χ1v) is 6.56. The van der Waals surface area contributed by atoms with Gasteiger partial charge in [-0.1, -0.05) is 19.1 Å². The van der Waals surface area contributed by atoms with Crippen molar-refractivity contribution in [2.75, 3.05) is 6.54 Å². The molecule has 0 spiro atoms. The molecule has 0 aliphatic heterocycles. The van der Waals surface area contributed by atoms with E-state index in [0.29, 0.717) is 16.5 Å². The summed E-state index contributed by atoms with van der Waals surface area (Å²) in [6, 6.07) is 5.33. The molecule has 1 aromatic carbocycles. The van der Waals surface area contributed by atoms with Crippen LogP contribution >= 0.6 is 15.9 Å². The van der Waals surface area contributed by atoms with Gasteiger partial charge in [-0.2, -0.15) is 0 Å². The summed E-state index contributed by atoms with van der Waals surface area (Å²) in [4.78, 5) is 0. The van der Waals surface area contributed by atoms with Crippen molar-refractivity contribution in [3.63, 3.8) is 0 Å². The molecule has 0 amide bonds. The van der Waals surface area contributed by atoms with Crippen molar-refractivity contribution in [2.24, 2.45) is 0 Å². The molecule has 0 saturated heterocycles. The fourth-order valence-electron chi connectivity index (χ4n) is 1.60. The molecule has 0 aliphatic carbocycles. The van der Waals surface area contributed by atoms with E-state index in [1.807, 2.05) is 12.1 Å². The van der Waals surface area contributed by atoms with Crippen LogP contribution in [-0.4, -0.2) is 6.54 Å². The smallest absolute Gasteiger partial charge is 0.142 e. The lowest BCUT2D eigenvalue weighted by atomic mass is 10.0. The van der Waals surface area contributed by atoms with E-state index >= 15 is 0 Å². The summed E-state index contributed by atoms with van der Waals surface area (Å²) in [5.74, 6) is 5.67. The van der Waals surface area contributed by atoms with Crippen molar-refractivity contribution in [3.05, 3.63) is 34.1 Å². The van der Waals surface area contributed by atoms with Crippen molar-refractivity contribution < 1.29 is 4.39 Å². The molecular weight excluding hydrogens is 281 g/mol. The van der Waals surface area contributed by atoms with Gasteiger partial charge in [-0.3, -0.25) is 0 Å². The highest BCUT2D eigenvalue weighted by Gasteiger charge is 2.15. The van der Waals surface area contributed by atoms with Gasteiger partial charge in [-0.25, -0.2) is 4.39 Å². The summed E-state index contributed by atoms with van der Waals surface area (Å²) >= 11 is 3.21. The summed E-state index contributed by atoms with van der Waals surface area (Å²) in [5.41, 5.74) is 0.676. The van der Waals surface area contributed by atoms with Crippen LogP contribution in [0.1, 0.15) is 38.3 Å². The van der Waals surface area contributed by atoms with Gasteiger partial charge < -0.3 is 5.32 Å². The maximum absolute atomic E-state index is 14.0. The highest BCUT2D eigenvalue weighted by atomic mass is 79.9. The Kier molecular flexibility index (Phi) is 6.25. The minimum atomic E-state index is -0.195. The number of hydrogen-bond donors (Lipinski definition) is 1. The SMILES string of the molecule is CC#CCC(NCCC)c1cccc(Br)c1F. The molecule has 1 aromatic rings. The van der Waals surface area contributed by atoms with Crippen LogP contribution in [-0.2, 0) is 0 Å². The average Bonchev–Trinajstić information content (AvgIpc) is 2.34. The lowest BCUT2D eigenvalue weighted by molar-refractivity contribution is 0.505. The normalized spacial score (nSPS) is 11.8. The first-order chi connectivity index (χ1) is 8.20. The first kappa shape index (κ1) is 14.2.